The highest BCUT2D eigenvalue weighted by molar-refractivity contribution is 5.79. The SMILES string of the molecule is C=CCn1ncc(-c2c(-c3ccccc3)ncn2CC2CC(COC)NN2)c1C. The monoisotopic (exact) mass is 392 g/mol. The topological polar surface area (TPSA) is 68.9 Å². The summed E-state index contributed by atoms with van der Waals surface area (Å²) in [6.07, 6.45) is 6.74. The number of hydrogen-bond acceptors (Lipinski definition) is 5. The first-order chi connectivity index (χ1) is 14.2. The number of nitrogens with one attached hydrogen (secondary N) is 2. The van der Waals surface area contributed by atoms with E-state index < -0.39 is 0 Å². The second-order valence-corrected chi connectivity index (χ2v) is 7.45. The van der Waals surface area contributed by atoms with Crippen molar-refractivity contribution < 1.29 is 4.74 Å². The van der Waals surface area contributed by atoms with Gasteiger partial charge < -0.3 is 9.30 Å². The molecule has 0 spiro atoms. The summed E-state index contributed by atoms with van der Waals surface area (Å²) >= 11 is 0. The molecule has 3 heterocycles. The molecule has 0 bridgehead atoms. The van der Waals surface area contributed by atoms with Crippen LogP contribution in [0.4, 0.5) is 0 Å². The smallest absolute Gasteiger partial charge is 0.0964 e. The standard InChI is InChI=1S/C22H28N6O/c1-4-10-28-16(2)20(12-24-28)22-21(17-8-6-5-7-9-17)23-15-27(22)13-18-11-19(14-29-3)26-25-18/h4-9,12,15,18-19,25-26H,1,10-11,13-14H2,2-3H3. The molecule has 29 heavy (non-hydrogen) atoms. The summed E-state index contributed by atoms with van der Waals surface area (Å²) in [5.74, 6) is 0. The number of imidazole rings is 1. The van der Waals surface area contributed by atoms with Gasteiger partial charge in [-0.2, -0.15) is 5.10 Å². The van der Waals surface area contributed by atoms with Crippen LogP contribution in [0, 0.1) is 6.92 Å². The molecule has 1 aliphatic rings. The Hall–Kier alpha value is -2.74. The van der Waals surface area contributed by atoms with Crippen LogP contribution < -0.4 is 10.9 Å². The lowest BCUT2D eigenvalue weighted by Gasteiger charge is -2.15. The quantitative estimate of drug-likeness (QED) is 0.577. The van der Waals surface area contributed by atoms with Crippen molar-refractivity contribution in [3.05, 3.63) is 61.2 Å². The van der Waals surface area contributed by atoms with Crippen LogP contribution in [-0.2, 0) is 17.8 Å². The maximum Gasteiger partial charge on any atom is 0.0964 e. The lowest BCUT2D eigenvalue weighted by Crippen LogP contribution is -2.36. The molecular formula is C22H28N6O. The number of allylic oxidation sites excluding steroid dienone is 1. The third-order valence-corrected chi connectivity index (χ3v) is 5.39. The molecule has 0 saturated carbocycles. The summed E-state index contributed by atoms with van der Waals surface area (Å²) in [7, 11) is 1.73. The van der Waals surface area contributed by atoms with E-state index in [0.717, 1.165) is 41.2 Å². The number of nitrogens with zero attached hydrogens (tertiary/aromatic N) is 4. The van der Waals surface area contributed by atoms with Crippen molar-refractivity contribution in [1.29, 1.82) is 0 Å². The summed E-state index contributed by atoms with van der Waals surface area (Å²) in [6.45, 7) is 8.14. The van der Waals surface area contributed by atoms with Crippen LogP contribution in [0.15, 0.2) is 55.5 Å². The predicted octanol–water partition coefficient (Wildman–Crippen LogP) is 2.79. The van der Waals surface area contributed by atoms with Gasteiger partial charge in [0.25, 0.3) is 0 Å². The maximum atomic E-state index is 5.28. The fourth-order valence-electron chi connectivity index (χ4n) is 3.96. The number of benzene rings is 1. The van der Waals surface area contributed by atoms with Crippen LogP contribution in [-0.4, -0.2) is 45.1 Å². The van der Waals surface area contributed by atoms with Crippen molar-refractivity contribution in [1.82, 2.24) is 30.2 Å². The zero-order chi connectivity index (χ0) is 20.2. The van der Waals surface area contributed by atoms with Gasteiger partial charge >= 0.3 is 0 Å². The molecule has 1 aromatic carbocycles. The van der Waals surface area contributed by atoms with E-state index in [2.05, 4.69) is 46.2 Å². The zero-order valence-electron chi connectivity index (χ0n) is 17.0. The van der Waals surface area contributed by atoms with Gasteiger partial charge in [-0.05, 0) is 13.3 Å². The van der Waals surface area contributed by atoms with Crippen molar-refractivity contribution in [2.45, 2.75) is 38.5 Å². The van der Waals surface area contributed by atoms with Crippen LogP contribution in [0.2, 0.25) is 0 Å². The van der Waals surface area contributed by atoms with Crippen molar-refractivity contribution in [2.24, 2.45) is 0 Å². The molecule has 7 heteroatoms. The third kappa shape index (κ3) is 4.03. The van der Waals surface area contributed by atoms with Gasteiger partial charge in [0, 0.05) is 42.6 Å². The van der Waals surface area contributed by atoms with Crippen LogP contribution in [0.1, 0.15) is 12.1 Å². The van der Waals surface area contributed by atoms with E-state index in [1.165, 1.54) is 0 Å². The highest BCUT2D eigenvalue weighted by atomic mass is 16.5. The van der Waals surface area contributed by atoms with Gasteiger partial charge in [-0.15, -0.1) is 6.58 Å². The largest absolute Gasteiger partial charge is 0.383 e. The van der Waals surface area contributed by atoms with E-state index in [1.54, 1.807) is 7.11 Å². The molecule has 2 aromatic heterocycles. The van der Waals surface area contributed by atoms with Crippen molar-refractivity contribution in [3.8, 4) is 22.5 Å². The number of ether oxygens (including phenoxy) is 1. The molecule has 1 aliphatic heterocycles. The van der Waals surface area contributed by atoms with E-state index in [0.29, 0.717) is 25.2 Å². The number of hydrogen-bond donors (Lipinski definition) is 2. The lowest BCUT2D eigenvalue weighted by atomic mass is 10.0. The number of hydrazine groups is 1. The summed E-state index contributed by atoms with van der Waals surface area (Å²) in [6, 6.07) is 10.9. The summed E-state index contributed by atoms with van der Waals surface area (Å²) in [5.41, 5.74) is 12.1. The van der Waals surface area contributed by atoms with E-state index in [4.69, 9.17) is 9.72 Å². The second kappa shape index (κ2) is 8.73. The molecule has 0 aliphatic carbocycles. The minimum atomic E-state index is 0.301. The molecule has 0 amide bonds. The molecule has 2 atom stereocenters. The van der Waals surface area contributed by atoms with Crippen LogP contribution >= 0.6 is 0 Å². The fourth-order valence-corrected chi connectivity index (χ4v) is 3.96. The lowest BCUT2D eigenvalue weighted by molar-refractivity contribution is 0.171. The zero-order valence-corrected chi connectivity index (χ0v) is 17.0. The highest BCUT2D eigenvalue weighted by Gasteiger charge is 2.26. The Labute approximate surface area is 171 Å². The van der Waals surface area contributed by atoms with E-state index in [9.17, 15) is 0 Å². The van der Waals surface area contributed by atoms with Crippen LogP contribution in [0.25, 0.3) is 22.5 Å². The van der Waals surface area contributed by atoms with Crippen molar-refractivity contribution in [3.63, 3.8) is 0 Å². The van der Waals surface area contributed by atoms with Gasteiger partial charge in [-0.3, -0.25) is 15.5 Å². The molecule has 152 valence electrons. The molecule has 2 unspecified atom stereocenters. The molecule has 2 N–H and O–H groups in total. The van der Waals surface area contributed by atoms with Gasteiger partial charge in [0.1, 0.15) is 0 Å². The van der Waals surface area contributed by atoms with E-state index >= 15 is 0 Å². The molecule has 0 radical (unpaired) electrons. The van der Waals surface area contributed by atoms with Crippen molar-refractivity contribution >= 4 is 0 Å². The van der Waals surface area contributed by atoms with Crippen LogP contribution in [0.5, 0.6) is 0 Å². The van der Waals surface area contributed by atoms with Gasteiger partial charge in [0.05, 0.1) is 37.1 Å². The summed E-state index contributed by atoms with van der Waals surface area (Å²) < 4.78 is 9.49. The first kappa shape index (κ1) is 19.6. The Morgan fingerprint density at radius 3 is 2.79 bits per heavy atom. The molecule has 1 saturated heterocycles. The Morgan fingerprint density at radius 1 is 1.24 bits per heavy atom. The van der Waals surface area contributed by atoms with E-state index in [-0.39, 0.29) is 0 Å². The molecule has 1 fully saturated rings. The average Bonchev–Trinajstić information content (AvgIpc) is 3.44. The Morgan fingerprint density at radius 2 is 2.03 bits per heavy atom. The predicted molar refractivity (Wildman–Crippen MR) is 114 cm³/mol. The molecule has 4 rings (SSSR count). The first-order valence-electron chi connectivity index (χ1n) is 9.95. The first-order valence-corrected chi connectivity index (χ1v) is 9.95. The minimum absolute atomic E-state index is 0.301. The van der Waals surface area contributed by atoms with E-state index in [1.807, 2.05) is 41.5 Å². The third-order valence-electron chi connectivity index (χ3n) is 5.39. The van der Waals surface area contributed by atoms with Gasteiger partial charge in [-0.1, -0.05) is 36.4 Å². The van der Waals surface area contributed by atoms with Gasteiger partial charge in [-0.25, -0.2) is 4.98 Å². The maximum absolute atomic E-state index is 5.28. The summed E-state index contributed by atoms with van der Waals surface area (Å²) in [4.78, 5) is 4.79. The molecular weight excluding hydrogens is 364 g/mol. The van der Waals surface area contributed by atoms with Crippen molar-refractivity contribution in [2.75, 3.05) is 13.7 Å². The van der Waals surface area contributed by atoms with Gasteiger partial charge in [0.15, 0.2) is 0 Å². The Bertz CT molecular complexity index is 961. The minimum Gasteiger partial charge on any atom is -0.383 e. The molecule has 3 aromatic rings. The van der Waals surface area contributed by atoms with Crippen LogP contribution in [0.3, 0.4) is 0 Å². The average molecular weight is 393 g/mol. The fraction of sp³-hybridized carbons (Fsp3) is 0.364. The highest BCUT2D eigenvalue weighted by Crippen LogP contribution is 2.33. The number of aromatic nitrogens is 4. The summed E-state index contributed by atoms with van der Waals surface area (Å²) in [5, 5.41) is 4.57. The number of methoxy groups -OCH3 is 1. The van der Waals surface area contributed by atoms with Gasteiger partial charge in [0.2, 0.25) is 0 Å². The Kier molecular flexibility index (Phi) is 5.89. The number of rotatable bonds is 8. The normalized spacial score (nSPS) is 19.0. The Balaban J connectivity index is 1.71. The molecule has 7 nitrogen and oxygen atoms in total. The second-order valence-electron chi connectivity index (χ2n) is 7.45.